The second-order valence-electron chi connectivity index (χ2n) is 8.09. The summed E-state index contributed by atoms with van der Waals surface area (Å²) in [5.74, 6) is 0.990. The van der Waals surface area contributed by atoms with Gasteiger partial charge in [-0.15, -0.1) is 0 Å². The highest BCUT2D eigenvalue weighted by Gasteiger charge is 2.18. The molecule has 0 aliphatic heterocycles. The van der Waals surface area contributed by atoms with Crippen LogP contribution in [0.5, 0.6) is 0 Å². The molecule has 3 rings (SSSR count). The number of hydrogen-bond donors (Lipinski definition) is 2. The van der Waals surface area contributed by atoms with Crippen LogP contribution < -0.4 is 15.5 Å². The lowest BCUT2D eigenvalue weighted by molar-refractivity contribution is 0.408. The number of rotatable bonds is 6. The van der Waals surface area contributed by atoms with E-state index in [1.54, 1.807) is 0 Å². The zero-order valence-electron chi connectivity index (χ0n) is 17.3. The second kappa shape index (κ2) is 10.6. The molecule has 2 saturated carbocycles. The molecule has 2 aliphatic carbocycles. The Morgan fingerprint density at radius 1 is 0.889 bits per heavy atom. The van der Waals surface area contributed by atoms with Crippen molar-refractivity contribution in [1.82, 2.24) is 5.32 Å². The van der Waals surface area contributed by atoms with Crippen LogP contribution in [0.25, 0.3) is 0 Å². The molecule has 150 valence electrons. The van der Waals surface area contributed by atoms with Gasteiger partial charge in [-0.3, -0.25) is 0 Å². The lowest BCUT2D eigenvalue weighted by atomic mass is 9.95. The van der Waals surface area contributed by atoms with E-state index in [-0.39, 0.29) is 0 Å². The summed E-state index contributed by atoms with van der Waals surface area (Å²) in [6, 6.07) is 9.86. The van der Waals surface area contributed by atoms with Gasteiger partial charge in [0.1, 0.15) is 0 Å². The third kappa shape index (κ3) is 6.15. The molecule has 1 aromatic carbocycles. The van der Waals surface area contributed by atoms with Crippen LogP contribution in [0, 0.1) is 0 Å². The third-order valence-corrected chi connectivity index (χ3v) is 6.09. The van der Waals surface area contributed by atoms with Gasteiger partial charge < -0.3 is 15.5 Å². The van der Waals surface area contributed by atoms with Crippen molar-refractivity contribution in [3.8, 4) is 0 Å². The quantitative estimate of drug-likeness (QED) is 0.509. The van der Waals surface area contributed by atoms with Crippen LogP contribution in [0.3, 0.4) is 0 Å². The predicted molar refractivity (Wildman–Crippen MR) is 118 cm³/mol. The van der Waals surface area contributed by atoms with Crippen molar-refractivity contribution in [2.24, 2.45) is 4.99 Å². The van der Waals surface area contributed by atoms with Crippen molar-refractivity contribution in [3.05, 3.63) is 24.3 Å². The summed E-state index contributed by atoms with van der Waals surface area (Å²) in [6.45, 7) is 6.50. The first-order valence-corrected chi connectivity index (χ1v) is 11.2. The largest absolute Gasteiger partial charge is 0.372 e. The van der Waals surface area contributed by atoms with Crippen LogP contribution in [0.15, 0.2) is 29.3 Å². The molecule has 0 spiro atoms. The molecule has 0 radical (unpaired) electrons. The van der Waals surface area contributed by atoms with Gasteiger partial charge in [-0.05, 0) is 63.8 Å². The standard InChI is InChI=1S/C23H38N4/c1-3-27(4-2)22-17-15-21(16-18-22)26-23(24-19-11-7-5-8-12-19)25-20-13-9-6-10-14-20/h15-20H,3-14H2,1-2H3,(H2,24,25,26). The fourth-order valence-corrected chi connectivity index (χ4v) is 4.42. The molecular weight excluding hydrogens is 332 g/mol. The van der Waals surface area contributed by atoms with Crippen LogP contribution in [0.4, 0.5) is 11.4 Å². The van der Waals surface area contributed by atoms with Crippen LogP contribution in [-0.4, -0.2) is 31.1 Å². The Morgan fingerprint density at radius 2 is 1.48 bits per heavy atom. The Labute approximate surface area is 165 Å². The van der Waals surface area contributed by atoms with E-state index in [0.717, 1.165) is 24.7 Å². The highest BCUT2D eigenvalue weighted by Crippen LogP contribution is 2.22. The maximum atomic E-state index is 5.10. The average molecular weight is 371 g/mol. The van der Waals surface area contributed by atoms with Crippen molar-refractivity contribution in [2.45, 2.75) is 90.1 Å². The first kappa shape index (κ1) is 20.0. The van der Waals surface area contributed by atoms with Gasteiger partial charge in [-0.2, -0.15) is 0 Å². The number of nitrogens with one attached hydrogen (secondary N) is 2. The van der Waals surface area contributed by atoms with Crippen molar-refractivity contribution in [3.63, 3.8) is 0 Å². The molecule has 4 heteroatoms. The van der Waals surface area contributed by atoms with Gasteiger partial charge in [0.2, 0.25) is 0 Å². The van der Waals surface area contributed by atoms with Gasteiger partial charge in [0, 0.05) is 30.5 Å². The molecule has 0 atom stereocenters. The Bertz CT molecular complexity index is 565. The topological polar surface area (TPSA) is 39.7 Å². The molecule has 0 amide bonds. The molecule has 1 aromatic rings. The fourth-order valence-electron chi connectivity index (χ4n) is 4.42. The molecular formula is C23H38N4. The maximum Gasteiger partial charge on any atom is 0.196 e. The van der Waals surface area contributed by atoms with Crippen LogP contribution in [0.1, 0.15) is 78.1 Å². The molecule has 0 heterocycles. The van der Waals surface area contributed by atoms with Gasteiger partial charge in [0.25, 0.3) is 0 Å². The number of nitrogens with zero attached hydrogens (tertiary/aromatic N) is 2. The summed E-state index contributed by atoms with van der Waals surface area (Å²) < 4.78 is 0. The summed E-state index contributed by atoms with van der Waals surface area (Å²) in [5, 5.41) is 7.34. The van der Waals surface area contributed by atoms with E-state index in [1.807, 2.05) is 0 Å². The molecule has 4 nitrogen and oxygen atoms in total. The van der Waals surface area contributed by atoms with Crippen molar-refractivity contribution in [2.75, 3.05) is 23.3 Å². The Hall–Kier alpha value is -1.71. The summed E-state index contributed by atoms with van der Waals surface area (Å²) in [7, 11) is 0. The van der Waals surface area contributed by atoms with Crippen molar-refractivity contribution < 1.29 is 0 Å². The van der Waals surface area contributed by atoms with Crippen LogP contribution in [0.2, 0.25) is 0 Å². The van der Waals surface area contributed by atoms with E-state index in [4.69, 9.17) is 4.99 Å². The Balaban J connectivity index is 1.68. The fraction of sp³-hybridized carbons (Fsp3) is 0.696. The smallest absolute Gasteiger partial charge is 0.196 e. The predicted octanol–water partition coefficient (Wildman–Crippen LogP) is 5.56. The van der Waals surface area contributed by atoms with Gasteiger partial charge in [-0.1, -0.05) is 38.5 Å². The van der Waals surface area contributed by atoms with Gasteiger partial charge in [0.15, 0.2) is 5.96 Å². The number of hydrogen-bond acceptors (Lipinski definition) is 2. The van der Waals surface area contributed by atoms with Crippen molar-refractivity contribution >= 4 is 17.3 Å². The molecule has 0 aromatic heterocycles. The third-order valence-electron chi connectivity index (χ3n) is 6.09. The van der Waals surface area contributed by atoms with Gasteiger partial charge >= 0.3 is 0 Å². The van der Waals surface area contributed by atoms with E-state index < -0.39 is 0 Å². The Morgan fingerprint density at radius 3 is 2.07 bits per heavy atom. The van der Waals surface area contributed by atoms with Crippen molar-refractivity contribution in [1.29, 1.82) is 0 Å². The monoisotopic (exact) mass is 370 g/mol. The number of aliphatic imine (C=N–C) groups is 1. The molecule has 2 fully saturated rings. The van der Waals surface area contributed by atoms with Gasteiger partial charge in [0.05, 0.1) is 6.04 Å². The van der Waals surface area contributed by atoms with E-state index in [2.05, 4.69) is 53.6 Å². The number of benzene rings is 1. The zero-order chi connectivity index (χ0) is 18.9. The van der Waals surface area contributed by atoms with E-state index in [0.29, 0.717) is 12.1 Å². The second-order valence-corrected chi connectivity index (χ2v) is 8.09. The summed E-state index contributed by atoms with van der Waals surface area (Å²) >= 11 is 0. The van der Waals surface area contributed by atoms with E-state index in [9.17, 15) is 0 Å². The highest BCUT2D eigenvalue weighted by molar-refractivity contribution is 5.94. The summed E-state index contributed by atoms with van der Waals surface area (Å²) in [6.07, 6.45) is 13.1. The first-order chi connectivity index (χ1) is 13.3. The number of anilines is 2. The Kier molecular flexibility index (Phi) is 7.85. The van der Waals surface area contributed by atoms with E-state index >= 15 is 0 Å². The normalized spacial score (nSPS) is 19.7. The van der Waals surface area contributed by atoms with Gasteiger partial charge in [-0.25, -0.2) is 4.99 Å². The molecule has 0 unspecified atom stereocenters. The lowest BCUT2D eigenvalue weighted by Gasteiger charge is -2.27. The minimum Gasteiger partial charge on any atom is -0.372 e. The molecule has 0 saturated heterocycles. The first-order valence-electron chi connectivity index (χ1n) is 11.2. The molecule has 2 N–H and O–H groups in total. The SMILES string of the molecule is CCN(CC)c1ccc(NC(=NC2CCCCC2)NC2CCCCC2)cc1. The number of guanidine groups is 1. The minimum atomic E-state index is 0.479. The van der Waals surface area contributed by atoms with E-state index in [1.165, 1.54) is 69.9 Å². The van der Waals surface area contributed by atoms with Crippen LogP contribution in [-0.2, 0) is 0 Å². The lowest BCUT2D eigenvalue weighted by Crippen LogP contribution is -2.41. The summed E-state index contributed by atoms with van der Waals surface area (Å²) in [5.41, 5.74) is 2.42. The molecule has 0 bridgehead atoms. The highest BCUT2D eigenvalue weighted by atomic mass is 15.2. The average Bonchev–Trinajstić information content (AvgIpc) is 2.72. The van der Waals surface area contributed by atoms with Crippen LogP contribution >= 0.6 is 0 Å². The molecule has 27 heavy (non-hydrogen) atoms. The zero-order valence-corrected chi connectivity index (χ0v) is 17.3. The molecule has 2 aliphatic rings. The minimum absolute atomic E-state index is 0.479. The maximum absolute atomic E-state index is 5.10. The summed E-state index contributed by atoms with van der Waals surface area (Å²) in [4.78, 5) is 7.47.